The van der Waals surface area contributed by atoms with Gasteiger partial charge in [-0.3, -0.25) is 10.1 Å². The Labute approximate surface area is 111 Å². The second-order valence-corrected chi connectivity index (χ2v) is 3.67. The van der Waals surface area contributed by atoms with Gasteiger partial charge in [-0.25, -0.2) is 9.38 Å². The molecule has 19 heavy (non-hydrogen) atoms. The summed E-state index contributed by atoms with van der Waals surface area (Å²) in [5.74, 6) is -1.18. The molecule has 1 rings (SSSR count). The summed E-state index contributed by atoms with van der Waals surface area (Å²) in [6.45, 7) is 1.02. The summed E-state index contributed by atoms with van der Waals surface area (Å²) in [5.41, 5.74) is -0.0517. The fourth-order valence-electron chi connectivity index (χ4n) is 1.35. The Hall–Kier alpha value is -1.95. The van der Waals surface area contributed by atoms with Gasteiger partial charge < -0.3 is 9.47 Å². The monoisotopic (exact) mass is 268 g/mol. The Kier molecular flexibility index (Phi) is 6.52. The standard InChI is InChI=1S/C13H17FN2O3/c1-18-9-5-8-15-13(19-2)16-12(17)10-6-3-4-7-11(10)14/h3-4,6-7H,5,8-9H2,1-2H3,(H,15,16,17). The molecule has 0 bridgehead atoms. The number of amides is 1. The lowest BCUT2D eigenvalue weighted by atomic mass is 10.2. The maximum absolute atomic E-state index is 13.4. The van der Waals surface area contributed by atoms with Crippen molar-refractivity contribution in [3.8, 4) is 0 Å². The molecule has 0 radical (unpaired) electrons. The molecule has 0 aliphatic rings. The van der Waals surface area contributed by atoms with Crippen molar-refractivity contribution in [2.45, 2.75) is 6.42 Å². The van der Waals surface area contributed by atoms with Crippen molar-refractivity contribution < 1.29 is 18.7 Å². The molecule has 0 aliphatic carbocycles. The van der Waals surface area contributed by atoms with Crippen molar-refractivity contribution in [3.05, 3.63) is 35.6 Å². The summed E-state index contributed by atoms with van der Waals surface area (Å²) in [5, 5.41) is 2.41. The van der Waals surface area contributed by atoms with E-state index in [0.29, 0.717) is 19.6 Å². The molecule has 1 amide bonds. The summed E-state index contributed by atoms with van der Waals surface area (Å²) < 4.78 is 23.2. The van der Waals surface area contributed by atoms with Crippen LogP contribution in [0.25, 0.3) is 0 Å². The molecule has 1 N–H and O–H groups in total. The minimum atomic E-state index is -0.592. The highest BCUT2D eigenvalue weighted by Gasteiger charge is 2.12. The number of hydrogen-bond acceptors (Lipinski definition) is 4. The molecule has 0 unspecified atom stereocenters. The van der Waals surface area contributed by atoms with Crippen LogP contribution in [0.2, 0.25) is 0 Å². The van der Waals surface area contributed by atoms with Crippen LogP contribution >= 0.6 is 0 Å². The van der Waals surface area contributed by atoms with Crippen LogP contribution in [0.4, 0.5) is 4.39 Å². The first-order valence-corrected chi connectivity index (χ1v) is 5.82. The van der Waals surface area contributed by atoms with Crippen molar-refractivity contribution >= 4 is 11.9 Å². The third-order valence-corrected chi connectivity index (χ3v) is 2.29. The zero-order valence-corrected chi connectivity index (χ0v) is 11.0. The normalized spacial score (nSPS) is 11.2. The molecule has 0 heterocycles. The quantitative estimate of drug-likeness (QED) is 0.501. The van der Waals surface area contributed by atoms with Crippen LogP contribution in [0.3, 0.4) is 0 Å². The van der Waals surface area contributed by atoms with E-state index in [9.17, 15) is 9.18 Å². The molecule has 0 aliphatic heterocycles. The number of nitrogens with zero attached hydrogens (tertiary/aromatic N) is 1. The number of methoxy groups -OCH3 is 2. The highest BCUT2D eigenvalue weighted by Crippen LogP contribution is 2.05. The average molecular weight is 268 g/mol. The Morgan fingerprint density at radius 2 is 2.11 bits per heavy atom. The zero-order valence-electron chi connectivity index (χ0n) is 11.0. The molecule has 0 aromatic heterocycles. The van der Waals surface area contributed by atoms with E-state index in [0.717, 1.165) is 0 Å². The van der Waals surface area contributed by atoms with Crippen LogP contribution in [-0.2, 0) is 9.47 Å². The first kappa shape index (κ1) is 15.1. The van der Waals surface area contributed by atoms with Gasteiger partial charge in [0.05, 0.1) is 12.7 Å². The number of nitrogens with one attached hydrogen (secondary N) is 1. The summed E-state index contributed by atoms with van der Waals surface area (Å²) >= 11 is 0. The van der Waals surface area contributed by atoms with Gasteiger partial charge in [0.25, 0.3) is 11.9 Å². The number of aliphatic imine (C=N–C) groups is 1. The fraction of sp³-hybridized carbons (Fsp3) is 0.385. The van der Waals surface area contributed by atoms with Crippen molar-refractivity contribution in [3.63, 3.8) is 0 Å². The lowest BCUT2D eigenvalue weighted by Crippen LogP contribution is -2.32. The summed E-state index contributed by atoms with van der Waals surface area (Å²) in [4.78, 5) is 15.8. The maximum atomic E-state index is 13.4. The van der Waals surface area contributed by atoms with Gasteiger partial charge in [-0.1, -0.05) is 12.1 Å². The van der Waals surface area contributed by atoms with E-state index >= 15 is 0 Å². The number of benzene rings is 1. The number of ether oxygens (including phenoxy) is 2. The lowest BCUT2D eigenvalue weighted by molar-refractivity contribution is 0.0964. The van der Waals surface area contributed by atoms with Crippen LogP contribution in [0.15, 0.2) is 29.3 Å². The Morgan fingerprint density at radius 1 is 1.37 bits per heavy atom. The second kappa shape index (κ2) is 8.20. The highest BCUT2D eigenvalue weighted by atomic mass is 19.1. The Balaban J connectivity index is 2.61. The van der Waals surface area contributed by atoms with Gasteiger partial charge in [-0.2, -0.15) is 0 Å². The first-order chi connectivity index (χ1) is 9.19. The van der Waals surface area contributed by atoms with Crippen molar-refractivity contribution in [2.24, 2.45) is 4.99 Å². The second-order valence-electron chi connectivity index (χ2n) is 3.67. The van der Waals surface area contributed by atoms with Gasteiger partial charge in [-0.15, -0.1) is 0 Å². The van der Waals surface area contributed by atoms with E-state index in [1.165, 1.54) is 25.3 Å². The summed E-state index contributed by atoms with van der Waals surface area (Å²) in [6.07, 6.45) is 0.707. The summed E-state index contributed by atoms with van der Waals surface area (Å²) in [7, 11) is 2.98. The Bertz CT molecular complexity index is 449. The molecule has 0 atom stereocenters. The molecule has 0 fully saturated rings. The zero-order chi connectivity index (χ0) is 14.1. The van der Waals surface area contributed by atoms with Gasteiger partial charge in [0.2, 0.25) is 0 Å². The third kappa shape index (κ3) is 5.05. The number of carbonyl (C=O) groups excluding carboxylic acids is 1. The van der Waals surface area contributed by atoms with Gasteiger partial charge in [-0.05, 0) is 18.6 Å². The molecule has 104 valence electrons. The van der Waals surface area contributed by atoms with Gasteiger partial charge in [0.1, 0.15) is 5.82 Å². The van der Waals surface area contributed by atoms with Crippen LogP contribution in [0, 0.1) is 5.82 Å². The van der Waals surface area contributed by atoms with Crippen LogP contribution in [0.5, 0.6) is 0 Å². The fourth-order valence-corrected chi connectivity index (χ4v) is 1.35. The molecule has 5 nitrogen and oxygen atoms in total. The predicted molar refractivity (Wildman–Crippen MR) is 69.7 cm³/mol. The largest absolute Gasteiger partial charge is 0.468 e. The average Bonchev–Trinajstić information content (AvgIpc) is 2.42. The molecule has 1 aromatic rings. The molecule has 0 spiro atoms. The van der Waals surface area contributed by atoms with Crippen molar-refractivity contribution in [2.75, 3.05) is 27.4 Å². The molecule has 6 heteroatoms. The van der Waals surface area contributed by atoms with E-state index in [4.69, 9.17) is 9.47 Å². The van der Waals surface area contributed by atoms with E-state index in [1.807, 2.05) is 0 Å². The molecule has 0 saturated carbocycles. The van der Waals surface area contributed by atoms with E-state index in [-0.39, 0.29) is 11.6 Å². The third-order valence-electron chi connectivity index (χ3n) is 2.29. The van der Waals surface area contributed by atoms with Crippen LogP contribution in [-0.4, -0.2) is 39.3 Å². The molecule has 1 aromatic carbocycles. The maximum Gasteiger partial charge on any atom is 0.291 e. The number of hydrogen-bond donors (Lipinski definition) is 1. The van der Waals surface area contributed by atoms with Gasteiger partial charge >= 0.3 is 0 Å². The van der Waals surface area contributed by atoms with E-state index in [1.54, 1.807) is 13.2 Å². The van der Waals surface area contributed by atoms with E-state index < -0.39 is 11.7 Å². The minimum absolute atomic E-state index is 0.0517. The number of rotatable bonds is 5. The minimum Gasteiger partial charge on any atom is -0.468 e. The SMILES string of the molecule is COCCCN=C(NC(=O)c1ccccc1F)OC. The lowest BCUT2D eigenvalue weighted by Gasteiger charge is -2.07. The smallest absolute Gasteiger partial charge is 0.291 e. The van der Waals surface area contributed by atoms with Crippen LogP contribution in [0.1, 0.15) is 16.8 Å². The summed E-state index contributed by atoms with van der Waals surface area (Å²) in [6, 6.07) is 5.77. The number of carbonyl (C=O) groups is 1. The van der Waals surface area contributed by atoms with E-state index in [2.05, 4.69) is 10.3 Å². The molecule has 0 saturated heterocycles. The van der Waals surface area contributed by atoms with Crippen molar-refractivity contribution in [1.82, 2.24) is 5.32 Å². The molecular formula is C13H17FN2O3. The topological polar surface area (TPSA) is 59.9 Å². The van der Waals surface area contributed by atoms with Gasteiger partial charge in [0, 0.05) is 20.3 Å². The number of amidine groups is 1. The van der Waals surface area contributed by atoms with Crippen LogP contribution < -0.4 is 5.32 Å². The first-order valence-electron chi connectivity index (χ1n) is 5.82. The Morgan fingerprint density at radius 3 is 2.74 bits per heavy atom. The molecular weight excluding hydrogens is 251 g/mol. The van der Waals surface area contributed by atoms with Crippen molar-refractivity contribution in [1.29, 1.82) is 0 Å². The predicted octanol–water partition coefficient (Wildman–Crippen LogP) is 1.59. The number of halogens is 1. The highest BCUT2D eigenvalue weighted by molar-refractivity contribution is 6.04. The van der Waals surface area contributed by atoms with Gasteiger partial charge in [0.15, 0.2) is 0 Å².